The van der Waals surface area contributed by atoms with Crippen LogP contribution in [0.3, 0.4) is 0 Å². The zero-order valence-electron chi connectivity index (χ0n) is 10.3. The summed E-state index contributed by atoms with van der Waals surface area (Å²) in [7, 11) is 1.82. The van der Waals surface area contributed by atoms with Gasteiger partial charge in [-0.25, -0.2) is 0 Å². The number of nitrogens with zero attached hydrogens (tertiary/aromatic N) is 3. The van der Waals surface area contributed by atoms with E-state index in [-0.39, 0.29) is 11.6 Å². The molecule has 6 heteroatoms. The highest BCUT2D eigenvalue weighted by atomic mass is 35.5. The molecule has 18 heavy (non-hydrogen) atoms. The molecule has 96 valence electrons. The molecular formula is C12H14ClN3O2. The quantitative estimate of drug-likeness (QED) is 0.607. The maximum atomic E-state index is 10.9. The van der Waals surface area contributed by atoms with Crippen LogP contribution in [0.5, 0.6) is 0 Å². The zero-order chi connectivity index (χ0) is 13.7. The number of hydrogen-bond donors (Lipinski definition) is 0. The topological polar surface area (TPSA) is 70.2 Å². The van der Waals surface area contributed by atoms with Crippen LogP contribution in [0.15, 0.2) is 18.2 Å². The first-order chi connectivity index (χ1) is 8.43. The highest BCUT2D eigenvalue weighted by Crippen LogP contribution is 2.23. The summed E-state index contributed by atoms with van der Waals surface area (Å²) in [6.45, 7) is 2.76. The van der Waals surface area contributed by atoms with Crippen molar-refractivity contribution in [1.29, 1.82) is 5.26 Å². The first-order valence-electron chi connectivity index (χ1n) is 5.45. The Bertz CT molecular complexity index is 485. The van der Waals surface area contributed by atoms with Gasteiger partial charge in [-0.3, -0.25) is 10.1 Å². The molecule has 0 aliphatic rings. The average molecular weight is 268 g/mol. The van der Waals surface area contributed by atoms with Gasteiger partial charge in [0.05, 0.1) is 16.9 Å². The van der Waals surface area contributed by atoms with E-state index < -0.39 is 4.92 Å². The van der Waals surface area contributed by atoms with Crippen molar-refractivity contribution in [1.82, 2.24) is 4.90 Å². The Balaban J connectivity index is 2.86. The summed E-state index contributed by atoms with van der Waals surface area (Å²) in [5, 5.41) is 20.1. The van der Waals surface area contributed by atoms with Crippen LogP contribution in [-0.4, -0.2) is 23.4 Å². The van der Waals surface area contributed by atoms with Gasteiger partial charge in [0.2, 0.25) is 0 Å². The van der Waals surface area contributed by atoms with E-state index in [1.54, 1.807) is 6.07 Å². The maximum absolute atomic E-state index is 10.9. The van der Waals surface area contributed by atoms with E-state index in [9.17, 15) is 10.1 Å². The lowest BCUT2D eigenvalue weighted by Crippen LogP contribution is -2.23. The molecule has 0 aliphatic carbocycles. The third-order valence-electron chi connectivity index (χ3n) is 2.48. The van der Waals surface area contributed by atoms with E-state index in [1.807, 2.05) is 18.9 Å². The molecule has 0 fully saturated rings. The van der Waals surface area contributed by atoms with Crippen LogP contribution >= 0.6 is 11.6 Å². The number of hydrogen-bond acceptors (Lipinski definition) is 4. The molecule has 0 aromatic heterocycles. The van der Waals surface area contributed by atoms with E-state index in [0.29, 0.717) is 23.7 Å². The Hall–Kier alpha value is -1.64. The molecule has 0 N–H and O–H groups in total. The van der Waals surface area contributed by atoms with Gasteiger partial charge in [-0.2, -0.15) is 5.26 Å². The number of rotatable bonds is 5. The normalized spacial score (nSPS) is 12.2. The fraction of sp³-hybridized carbons (Fsp3) is 0.417. The van der Waals surface area contributed by atoms with E-state index in [2.05, 4.69) is 6.07 Å². The van der Waals surface area contributed by atoms with Crippen LogP contribution < -0.4 is 0 Å². The lowest BCUT2D eigenvalue weighted by Gasteiger charge is -2.17. The van der Waals surface area contributed by atoms with Crippen LogP contribution in [0.1, 0.15) is 12.5 Å². The van der Waals surface area contributed by atoms with Crippen molar-refractivity contribution >= 4 is 17.3 Å². The van der Waals surface area contributed by atoms with Crippen LogP contribution in [0.2, 0.25) is 5.02 Å². The Morgan fingerprint density at radius 1 is 1.61 bits per heavy atom. The maximum Gasteiger partial charge on any atom is 0.273 e. The van der Waals surface area contributed by atoms with Gasteiger partial charge in [-0.05, 0) is 26.1 Å². The van der Waals surface area contributed by atoms with Gasteiger partial charge >= 0.3 is 0 Å². The predicted octanol–water partition coefficient (Wildman–Crippen LogP) is 2.84. The van der Waals surface area contributed by atoms with Crippen LogP contribution in [0.25, 0.3) is 0 Å². The molecule has 0 radical (unpaired) electrons. The number of benzene rings is 1. The van der Waals surface area contributed by atoms with Crippen LogP contribution in [0, 0.1) is 27.4 Å². The minimum atomic E-state index is -0.423. The van der Waals surface area contributed by atoms with E-state index >= 15 is 0 Å². The molecule has 0 saturated heterocycles. The fourth-order valence-electron chi connectivity index (χ4n) is 1.72. The molecule has 5 nitrogen and oxygen atoms in total. The lowest BCUT2D eigenvalue weighted by atomic mass is 10.1. The molecule has 0 bridgehead atoms. The van der Waals surface area contributed by atoms with Gasteiger partial charge in [0.25, 0.3) is 5.69 Å². The average Bonchev–Trinajstić information content (AvgIpc) is 2.28. The van der Waals surface area contributed by atoms with Crippen molar-refractivity contribution in [3.8, 4) is 6.07 Å². The monoisotopic (exact) mass is 267 g/mol. The molecule has 0 amide bonds. The minimum Gasteiger partial charge on any atom is -0.301 e. The summed E-state index contributed by atoms with van der Waals surface area (Å²) >= 11 is 5.84. The molecule has 1 aromatic carbocycles. The molecule has 1 rings (SSSR count). The lowest BCUT2D eigenvalue weighted by molar-refractivity contribution is -0.385. The standard InChI is InChI=1S/C12H14ClN3O2/c1-9(6-14)7-15(2)8-10-5-11(13)3-4-12(10)16(17)18/h3-5,9H,7-8H2,1-2H3. The van der Waals surface area contributed by atoms with Gasteiger partial charge in [-0.1, -0.05) is 11.6 Å². The number of halogens is 1. The molecular weight excluding hydrogens is 254 g/mol. The Labute approximate surface area is 111 Å². The summed E-state index contributed by atoms with van der Waals surface area (Å²) in [6, 6.07) is 6.62. The molecule has 1 atom stereocenters. The SMILES string of the molecule is CC(C#N)CN(C)Cc1cc(Cl)ccc1[N+](=O)[O-]. The van der Waals surface area contributed by atoms with Crippen molar-refractivity contribution in [2.45, 2.75) is 13.5 Å². The first kappa shape index (κ1) is 14.4. The van der Waals surface area contributed by atoms with E-state index in [4.69, 9.17) is 16.9 Å². The molecule has 0 saturated carbocycles. The fourth-order valence-corrected chi connectivity index (χ4v) is 1.92. The molecule has 0 spiro atoms. The van der Waals surface area contributed by atoms with Gasteiger partial charge in [-0.15, -0.1) is 0 Å². The molecule has 0 heterocycles. The van der Waals surface area contributed by atoms with Gasteiger partial charge in [0, 0.05) is 29.7 Å². The third kappa shape index (κ3) is 3.99. The molecule has 1 unspecified atom stereocenters. The molecule has 1 aromatic rings. The van der Waals surface area contributed by atoms with Crippen molar-refractivity contribution < 1.29 is 4.92 Å². The predicted molar refractivity (Wildman–Crippen MR) is 69.2 cm³/mol. The summed E-state index contributed by atoms with van der Waals surface area (Å²) < 4.78 is 0. The van der Waals surface area contributed by atoms with Crippen LogP contribution in [-0.2, 0) is 6.54 Å². The first-order valence-corrected chi connectivity index (χ1v) is 5.82. The minimum absolute atomic E-state index is 0.0517. The molecule has 0 aliphatic heterocycles. The number of nitro benzene ring substituents is 1. The number of nitriles is 1. The third-order valence-corrected chi connectivity index (χ3v) is 2.72. The highest BCUT2D eigenvalue weighted by molar-refractivity contribution is 6.30. The Morgan fingerprint density at radius 3 is 2.83 bits per heavy atom. The van der Waals surface area contributed by atoms with Crippen molar-refractivity contribution in [3.05, 3.63) is 38.9 Å². The summed E-state index contributed by atoms with van der Waals surface area (Å²) in [5.41, 5.74) is 0.607. The second-order valence-corrected chi connectivity index (χ2v) is 4.69. The summed E-state index contributed by atoms with van der Waals surface area (Å²) in [5.74, 6) is -0.117. The second-order valence-electron chi connectivity index (χ2n) is 4.26. The summed E-state index contributed by atoms with van der Waals surface area (Å²) in [4.78, 5) is 12.3. The van der Waals surface area contributed by atoms with Gasteiger partial charge in [0.15, 0.2) is 0 Å². The second kappa shape index (κ2) is 6.34. The van der Waals surface area contributed by atoms with Crippen LogP contribution in [0.4, 0.5) is 5.69 Å². The van der Waals surface area contributed by atoms with Crippen molar-refractivity contribution in [2.24, 2.45) is 5.92 Å². The zero-order valence-corrected chi connectivity index (χ0v) is 11.0. The Morgan fingerprint density at radius 2 is 2.28 bits per heavy atom. The van der Waals surface area contributed by atoms with Crippen molar-refractivity contribution in [3.63, 3.8) is 0 Å². The largest absolute Gasteiger partial charge is 0.301 e. The Kier molecular flexibility index (Phi) is 5.08. The smallest absolute Gasteiger partial charge is 0.273 e. The summed E-state index contributed by atoms with van der Waals surface area (Å²) in [6.07, 6.45) is 0. The van der Waals surface area contributed by atoms with Gasteiger partial charge < -0.3 is 4.90 Å². The van der Waals surface area contributed by atoms with E-state index in [1.165, 1.54) is 12.1 Å². The van der Waals surface area contributed by atoms with E-state index in [0.717, 1.165) is 0 Å². The van der Waals surface area contributed by atoms with Crippen molar-refractivity contribution in [2.75, 3.05) is 13.6 Å². The highest BCUT2D eigenvalue weighted by Gasteiger charge is 2.16. The number of nitro groups is 1. The van der Waals surface area contributed by atoms with Gasteiger partial charge in [0.1, 0.15) is 0 Å².